The molecule has 1 aliphatic heterocycles. The Morgan fingerprint density at radius 1 is 1.25 bits per heavy atom. The summed E-state index contributed by atoms with van der Waals surface area (Å²) in [5.41, 5.74) is 0. The molecule has 1 aliphatic carbocycles. The number of nitrogens with zero attached hydrogens (tertiary/aromatic N) is 1. The lowest BCUT2D eigenvalue weighted by Crippen LogP contribution is -2.45. The third-order valence-corrected chi connectivity index (χ3v) is 7.59. The fraction of sp³-hybridized carbons (Fsp3) is 0.692. The molecule has 4 nitrogen and oxygen atoms in total. The zero-order valence-electron chi connectivity index (χ0n) is 11.2. The molecule has 1 aromatic rings. The average molecular weight is 335 g/mol. The van der Waals surface area contributed by atoms with Crippen LogP contribution in [0.25, 0.3) is 0 Å². The van der Waals surface area contributed by atoms with Crippen LogP contribution < -0.4 is 5.32 Å². The summed E-state index contributed by atoms with van der Waals surface area (Å²) in [5.74, 6) is 0.866. The molecule has 20 heavy (non-hydrogen) atoms. The van der Waals surface area contributed by atoms with E-state index in [0.29, 0.717) is 27.7 Å². The SMILES string of the molecule is O=S(=O)(c1ccc(Cl)s1)N1CCC(NCC2CC2)CC1. The van der Waals surface area contributed by atoms with Gasteiger partial charge in [0.1, 0.15) is 4.21 Å². The van der Waals surface area contributed by atoms with E-state index in [2.05, 4.69) is 5.32 Å². The number of nitrogens with one attached hydrogen (secondary N) is 1. The van der Waals surface area contributed by atoms with Gasteiger partial charge in [-0.1, -0.05) is 11.6 Å². The predicted molar refractivity (Wildman–Crippen MR) is 81.8 cm³/mol. The van der Waals surface area contributed by atoms with Gasteiger partial charge in [-0.25, -0.2) is 8.42 Å². The molecular weight excluding hydrogens is 316 g/mol. The second kappa shape index (κ2) is 5.93. The number of sulfonamides is 1. The maximum absolute atomic E-state index is 12.4. The van der Waals surface area contributed by atoms with E-state index in [1.165, 1.54) is 12.8 Å². The largest absolute Gasteiger partial charge is 0.314 e. The van der Waals surface area contributed by atoms with Crippen LogP contribution in [0.5, 0.6) is 0 Å². The number of hydrogen-bond acceptors (Lipinski definition) is 4. The molecular formula is C13H19ClN2O2S2. The lowest BCUT2D eigenvalue weighted by Gasteiger charge is -2.31. The fourth-order valence-corrected chi connectivity index (χ4v) is 5.63. The Balaban J connectivity index is 1.56. The van der Waals surface area contributed by atoms with Crippen molar-refractivity contribution in [3.05, 3.63) is 16.5 Å². The molecule has 0 spiro atoms. The van der Waals surface area contributed by atoms with Crippen molar-refractivity contribution in [2.75, 3.05) is 19.6 Å². The number of piperidine rings is 1. The van der Waals surface area contributed by atoms with Crippen LogP contribution in [0.15, 0.2) is 16.3 Å². The van der Waals surface area contributed by atoms with Crippen LogP contribution in [0.4, 0.5) is 0 Å². The van der Waals surface area contributed by atoms with Crippen LogP contribution in [0, 0.1) is 5.92 Å². The lowest BCUT2D eigenvalue weighted by molar-refractivity contribution is 0.288. The molecule has 2 heterocycles. The summed E-state index contributed by atoms with van der Waals surface area (Å²) >= 11 is 6.96. The maximum Gasteiger partial charge on any atom is 0.252 e. The van der Waals surface area contributed by atoms with Gasteiger partial charge in [0, 0.05) is 19.1 Å². The van der Waals surface area contributed by atoms with Crippen LogP contribution >= 0.6 is 22.9 Å². The monoisotopic (exact) mass is 334 g/mol. The molecule has 1 saturated carbocycles. The zero-order chi connectivity index (χ0) is 14.2. The normalized spacial score (nSPS) is 22.2. The molecule has 3 rings (SSSR count). The Morgan fingerprint density at radius 2 is 1.95 bits per heavy atom. The summed E-state index contributed by atoms with van der Waals surface area (Å²) in [4.78, 5) is 0. The van der Waals surface area contributed by atoms with Gasteiger partial charge in [0.05, 0.1) is 4.34 Å². The van der Waals surface area contributed by atoms with E-state index in [1.54, 1.807) is 16.4 Å². The maximum atomic E-state index is 12.4. The van der Waals surface area contributed by atoms with Crippen molar-refractivity contribution in [3.8, 4) is 0 Å². The number of rotatable bonds is 5. The van der Waals surface area contributed by atoms with E-state index in [1.807, 2.05) is 0 Å². The molecule has 1 saturated heterocycles. The zero-order valence-corrected chi connectivity index (χ0v) is 13.6. The molecule has 2 fully saturated rings. The molecule has 112 valence electrons. The average Bonchev–Trinajstić information content (AvgIpc) is 3.17. The Hall–Kier alpha value is -0.140. The van der Waals surface area contributed by atoms with Crippen molar-refractivity contribution in [3.63, 3.8) is 0 Å². The smallest absolute Gasteiger partial charge is 0.252 e. The molecule has 0 atom stereocenters. The molecule has 0 amide bonds. The van der Waals surface area contributed by atoms with E-state index in [0.717, 1.165) is 36.6 Å². The topological polar surface area (TPSA) is 49.4 Å². The summed E-state index contributed by atoms with van der Waals surface area (Å²) in [7, 11) is -3.34. The van der Waals surface area contributed by atoms with Gasteiger partial charge in [0.2, 0.25) is 0 Å². The van der Waals surface area contributed by atoms with Crippen LogP contribution in [-0.4, -0.2) is 38.4 Å². The highest BCUT2D eigenvalue weighted by Gasteiger charge is 2.31. The molecule has 0 bridgehead atoms. The lowest BCUT2D eigenvalue weighted by atomic mass is 10.1. The van der Waals surface area contributed by atoms with Gasteiger partial charge in [-0.3, -0.25) is 0 Å². The van der Waals surface area contributed by atoms with Gasteiger partial charge >= 0.3 is 0 Å². The second-order valence-electron chi connectivity index (χ2n) is 5.59. The van der Waals surface area contributed by atoms with Gasteiger partial charge in [-0.05, 0) is 50.3 Å². The molecule has 7 heteroatoms. The van der Waals surface area contributed by atoms with E-state index in [4.69, 9.17) is 11.6 Å². The molecule has 1 aromatic heterocycles. The van der Waals surface area contributed by atoms with Crippen molar-refractivity contribution >= 4 is 33.0 Å². The van der Waals surface area contributed by atoms with Gasteiger partial charge < -0.3 is 5.32 Å². The van der Waals surface area contributed by atoms with Gasteiger partial charge in [0.25, 0.3) is 10.0 Å². The Labute approximate surface area is 129 Å². The number of thiophene rings is 1. The third kappa shape index (κ3) is 3.36. The van der Waals surface area contributed by atoms with Crippen LogP contribution in [0.1, 0.15) is 25.7 Å². The van der Waals surface area contributed by atoms with E-state index in [-0.39, 0.29) is 0 Å². The molecule has 0 radical (unpaired) electrons. The summed E-state index contributed by atoms with van der Waals surface area (Å²) in [6, 6.07) is 3.71. The van der Waals surface area contributed by atoms with Crippen molar-refractivity contribution in [1.29, 1.82) is 0 Å². The first kappa shape index (κ1) is 14.8. The van der Waals surface area contributed by atoms with Gasteiger partial charge in [0.15, 0.2) is 0 Å². The van der Waals surface area contributed by atoms with Crippen LogP contribution in [0.2, 0.25) is 4.34 Å². The summed E-state index contributed by atoms with van der Waals surface area (Å²) < 4.78 is 27.3. The number of hydrogen-bond donors (Lipinski definition) is 1. The van der Waals surface area contributed by atoms with Gasteiger partial charge in [-0.2, -0.15) is 4.31 Å². The Bertz CT molecular complexity index is 561. The fourth-order valence-electron chi connectivity index (χ4n) is 2.52. The molecule has 0 aromatic carbocycles. The molecule has 1 N–H and O–H groups in total. The highest BCUT2D eigenvalue weighted by molar-refractivity contribution is 7.91. The van der Waals surface area contributed by atoms with Crippen molar-refractivity contribution in [2.24, 2.45) is 5.92 Å². The summed E-state index contributed by atoms with van der Waals surface area (Å²) in [6.45, 7) is 2.29. The predicted octanol–water partition coefficient (Wildman–Crippen LogP) is 2.55. The van der Waals surface area contributed by atoms with E-state index in [9.17, 15) is 8.42 Å². The van der Waals surface area contributed by atoms with Crippen LogP contribution in [0.3, 0.4) is 0 Å². The Morgan fingerprint density at radius 3 is 2.50 bits per heavy atom. The minimum atomic E-state index is -3.34. The van der Waals surface area contributed by atoms with Crippen LogP contribution in [-0.2, 0) is 10.0 Å². The van der Waals surface area contributed by atoms with Crippen molar-refractivity contribution in [2.45, 2.75) is 35.9 Å². The Kier molecular flexibility index (Phi) is 4.38. The van der Waals surface area contributed by atoms with E-state index < -0.39 is 10.0 Å². The second-order valence-corrected chi connectivity index (χ2v) is 9.47. The minimum absolute atomic E-state index is 0.354. The van der Waals surface area contributed by atoms with Gasteiger partial charge in [-0.15, -0.1) is 11.3 Å². The first-order valence-electron chi connectivity index (χ1n) is 7.04. The number of halogens is 1. The van der Waals surface area contributed by atoms with E-state index >= 15 is 0 Å². The minimum Gasteiger partial charge on any atom is -0.314 e. The van der Waals surface area contributed by atoms with Crippen molar-refractivity contribution in [1.82, 2.24) is 9.62 Å². The first-order valence-corrected chi connectivity index (χ1v) is 9.68. The highest BCUT2D eigenvalue weighted by Crippen LogP contribution is 2.30. The summed E-state index contributed by atoms with van der Waals surface area (Å²) in [6.07, 6.45) is 4.48. The quantitative estimate of drug-likeness (QED) is 0.900. The highest BCUT2D eigenvalue weighted by atomic mass is 35.5. The third-order valence-electron chi connectivity index (χ3n) is 3.99. The molecule has 0 unspecified atom stereocenters. The summed E-state index contributed by atoms with van der Waals surface area (Å²) in [5, 5.41) is 3.56. The molecule has 2 aliphatic rings. The first-order chi connectivity index (χ1) is 9.55. The van der Waals surface area contributed by atoms with Crippen molar-refractivity contribution < 1.29 is 8.42 Å². The standard InChI is InChI=1S/C13H19ClN2O2S2/c14-12-3-4-13(19-12)20(17,18)16-7-5-11(6-8-16)15-9-10-1-2-10/h3-4,10-11,15H,1-2,5-9H2.